The summed E-state index contributed by atoms with van der Waals surface area (Å²) in [5.74, 6) is 0.352. The summed E-state index contributed by atoms with van der Waals surface area (Å²) in [5, 5.41) is 20.1. The summed E-state index contributed by atoms with van der Waals surface area (Å²) in [6.45, 7) is 3.74. The van der Waals surface area contributed by atoms with Crippen LogP contribution in [0.2, 0.25) is 0 Å². The molecule has 0 bridgehead atoms. The first kappa shape index (κ1) is 22.1. The Morgan fingerprint density at radius 2 is 1.89 bits per heavy atom. The fourth-order valence-corrected chi connectivity index (χ4v) is 4.15. The van der Waals surface area contributed by atoms with Gasteiger partial charge in [0, 0.05) is 36.3 Å². The van der Waals surface area contributed by atoms with E-state index in [1.165, 1.54) is 0 Å². The topological polar surface area (TPSA) is 117 Å². The molecule has 35 heavy (non-hydrogen) atoms. The maximum atomic E-state index is 12.6. The van der Waals surface area contributed by atoms with Gasteiger partial charge in [0.25, 0.3) is 11.8 Å². The van der Waals surface area contributed by atoms with Gasteiger partial charge in [0.05, 0.1) is 17.0 Å². The van der Waals surface area contributed by atoms with E-state index in [1.54, 1.807) is 24.0 Å². The molecular weight excluding hydrogens is 442 g/mol. The number of benzene rings is 2. The number of aromatic amines is 1. The van der Waals surface area contributed by atoms with Gasteiger partial charge in [-0.3, -0.25) is 19.4 Å². The fraction of sp³-hybridized carbons (Fsp3) is 0.154. The quantitative estimate of drug-likeness (QED) is 0.320. The standard InChI is InChI=1S/C26H25N7O2/c1-15-10-24(31-30-15)27-14-21-20-13-18(7-8-22(20)29-25(21)34)11-17-5-4-6-19(12-17)28-26(35)23-9-16(2)32-33(23)3/h4-10,12-14H,11H2,1-3H3,(H,28,35)(H,29,34)(H2,27,30,31)/b21-14-. The summed E-state index contributed by atoms with van der Waals surface area (Å²) in [5.41, 5.74) is 7.13. The molecule has 0 radical (unpaired) electrons. The second kappa shape index (κ2) is 8.94. The largest absolute Gasteiger partial charge is 0.346 e. The van der Waals surface area contributed by atoms with E-state index >= 15 is 0 Å². The Morgan fingerprint density at radius 3 is 2.63 bits per heavy atom. The Morgan fingerprint density at radius 1 is 1.06 bits per heavy atom. The minimum Gasteiger partial charge on any atom is -0.346 e. The molecule has 3 heterocycles. The summed E-state index contributed by atoms with van der Waals surface area (Å²) in [7, 11) is 1.75. The van der Waals surface area contributed by atoms with Crippen LogP contribution in [0.5, 0.6) is 0 Å². The van der Waals surface area contributed by atoms with Crippen LogP contribution in [0.25, 0.3) is 5.57 Å². The number of rotatable bonds is 6. The van der Waals surface area contributed by atoms with Crippen LogP contribution in [-0.4, -0.2) is 31.8 Å². The molecule has 4 aromatic rings. The van der Waals surface area contributed by atoms with E-state index in [0.717, 1.165) is 33.8 Å². The zero-order chi connectivity index (χ0) is 24.5. The minimum absolute atomic E-state index is 0.156. The number of hydrogen-bond donors (Lipinski definition) is 4. The van der Waals surface area contributed by atoms with Crippen LogP contribution in [0.4, 0.5) is 17.2 Å². The molecule has 9 nitrogen and oxygen atoms in total. The molecule has 0 saturated heterocycles. The second-order valence-electron chi connectivity index (χ2n) is 8.59. The first-order chi connectivity index (χ1) is 16.9. The van der Waals surface area contributed by atoms with Crippen molar-refractivity contribution in [3.05, 3.63) is 94.6 Å². The number of carbonyl (C=O) groups is 2. The molecule has 5 rings (SSSR count). The van der Waals surface area contributed by atoms with Gasteiger partial charge in [0.1, 0.15) is 11.5 Å². The fourth-order valence-electron chi connectivity index (χ4n) is 4.15. The summed E-state index contributed by atoms with van der Waals surface area (Å²) >= 11 is 0. The molecule has 2 amide bonds. The van der Waals surface area contributed by atoms with E-state index < -0.39 is 0 Å². The molecule has 176 valence electrons. The molecule has 0 spiro atoms. The summed E-state index contributed by atoms with van der Waals surface area (Å²) < 4.78 is 1.57. The average molecular weight is 468 g/mol. The lowest BCUT2D eigenvalue weighted by Crippen LogP contribution is -2.16. The number of anilines is 3. The van der Waals surface area contributed by atoms with Crippen LogP contribution in [0, 0.1) is 13.8 Å². The average Bonchev–Trinajstić information content (AvgIpc) is 3.48. The van der Waals surface area contributed by atoms with Gasteiger partial charge in [0.15, 0.2) is 0 Å². The highest BCUT2D eigenvalue weighted by Gasteiger charge is 2.24. The lowest BCUT2D eigenvalue weighted by molar-refractivity contribution is -0.110. The molecular formula is C26H25N7O2. The number of aromatic nitrogens is 4. The van der Waals surface area contributed by atoms with Crippen molar-refractivity contribution in [3.8, 4) is 0 Å². The monoisotopic (exact) mass is 467 g/mol. The Bertz CT molecular complexity index is 1480. The number of hydrogen-bond acceptors (Lipinski definition) is 5. The van der Waals surface area contributed by atoms with Crippen molar-refractivity contribution in [1.82, 2.24) is 20.0 Å². The third-order valence-electron chi connectivity index (χ3n) is 5.77. The highest BCUT2D eigenvalue weighted by Crippen LogP contribution is 2.33. The molecule has 2 aromatic heterocycles. The molecule has 0 unspecified atom stereocenters. The van der Waals surface area contributed by atoms with E-state index in [1.807, 2.05) is 62.4 Å². The number of amides is 2. The highest BCUT2D eigenvalue weighted by molar-refractivity contribution is 6.31. The Labute approximate surface area is 202 Å². The first-order valence-electron chi connectivity index (χ1n) is 11.2. The predicted molar refractivity (Wildman–Crippen MR) is 135 cm³/mol. The maximum absolute atomic E-state index is 12.6. The maximum Gasteiger partial charge on any atom is 0.273 e. The molecule has 2 aromatic carbocycles. The van der Waals surface area contributed by atoms with Crippen LogP contribution >= 0.6 is 0 Å². The van der Waals surface area contributed by atoms with Crippen molar-refractivity contribution < 1.29 is 9.59 Å². The molecule has 0 aliphatic carbocycles. The number of aryl methyl sites for hydroxylation is 3. The molecule has 0 atom stereocenters. The molecule has 4 N–H and O–H groups in total. The Hall–Kier alpha value is -4.66. The number of nitrogens with one attached hydrogen (secondary N) is 4. The van der Waals surface area contributed by atoms with E-state index in [0.29, 0.717) is 29.2 Å². The number of carbonyl (C=O) groups excluding carboxylic acids is 2. The van der Waals surface area contributed by atoms with Crippen molar-refractivity contribution >= 4 is 34.6 Å². The normalized spacial score (nSPS) is 13.6. The van der Waals surface area contributed by atoms with E-state index in [9.17, 15) is 9.59 Å². The van der Waals surface area contributed by atoms with E-state index in [4.69, 9.17) is 0 Å². The number of H-pyrrole nitrogens is 1. The SMILES string of the molecule is Cc1cc(N/C=C2\C(=O)Nc3ccc(Cc4cccc(NC(=O)c5cc(C)nn5C)c4)cc32)[nH]n1. The lowest BCUT2D eigenvalue weighted by Gasteiger charge is -2.09. The third kappa shape index (κ3) is 4.70. The Balaban J connectivity index is 1.33. The van der Waals surface area contributed by atoms with Gasteiger partial charge in [-0.2, -0.15) is 10.2 Å². The summed E-state index contributed by atoms with van der Waals surface area (Å²) in [6.07, 6.45) is 2.34. The van der Waals surface area contributed by atoms with Crippen molar-refractivity contribution in [3.63, 3.8) is 0 Å². The van der Waals surface area contributed by atoms with Crippen molar-refractivity contribution in [2.75, 3.05) is 16.0 Å². The van der Waals surface area contributed by atoms with Crippen LogP contribution < -0.4 is 16.0 Å². The second-order valence-corrected chi connectivity index (χ2v) is 8.59. The smallest absolute Gasteiger partial charge is 0.273 e. The van der Waals surface area contributed by atoms with Gasteiger partial charge in [-0.25, -0.2) is 0 Å². The van der Waals surface area contributed by atoms with Gasteiger partial charge in [-0.15, -0.1) is 0 Å². The van der Waals surface area contributed by atoms with Gasteiger partial charge in [-0.05, 0) is 61.7 Å². The van der Waals surface area contributed by atoms with Crippen LogP contribution in [0.1, 0.15) is 38.6 Å². The summed E-state index contributed by atoms with van der Waals surface area (Å²) in [6, 6.07) is 17.3. The van der Waals surface area contributed by atoms with E-state index in [-0.39, 0.29) is 11.8 Å². The zero-order valence-electron chi connectivity index (χ0n) is 19.6. The minimum atomic E-state index is -0.206. The van der Waals surface area contributed by atoms with Crippen molar-refractivity contribution in [1.29, 1.82) is 0 Å². The van der Waals surface area contributed by atoms with Crippen LogP contribution in [0.3, 0.4) is 0 Å². The molecule has 1 aliphatic heterocycles. The first-order valence-corrected chi connectivity index (χ1v) is 11.2. The van der Waals surface area contributed by atoms with Crippen LogP contribution in [0.15, 0.2) is 60.8 Å². The van der Waals surface area contributed by atoms with Crippen molar-refractivity contribution in [2.24, 2.45) is 7.05 Å². The predicted octanol–water partition coefficient (Wildman–Crippen LogP) is 4.01. The molecule has 0 saturated carbocycles. The number of nitrogens with zero attached hydrogens (tertiary/aromatic N) is 3. The molecule has 9 heteroatoms. The third-order valence-corrected chi connectivity index (χ3v) is 5.77. The van der Waals surface area contributed by atoms with Gasteiger partial charge >= 0.3 is 0 Å². The zero-order valence-corrected chi connectivity index (χ0v) is 19.6. The van der Waals surface area contributed by atoms with Gasteiger partial charge in [-0.1, -0.05) is 18.2 Å². The highest BCUT2D eigenvalue weighted by atomic mass is 16.2. The van der Waals surface area contributed by atoms with Crippen molar-refractivity contribution in [2.45, 2.75) is 20.3 Å². The van der Waals surface area contributed by atoms with E-state index in [2.05, 4.69) is 31.2 Å². The molecule has 1 aliphatic rings. The number of fused-ring (bicyclic) bond motifs is 1. The molecule has 0 fully saturated rings. The van der Waals surface area contributed by atoms with Gasteiger partial charge < -0.3 is 16.0 Å². The van der Waals surface area contributed by atoms with Gasteiger partial charge in [0.2, 0.25) is 0 Å². The Kier molecular flexibility index (Phi) is 5.66. The lowest BCUT2D eigenvalue weighted by atomic mass is 9.99. The van der Waals surface area contributed by atoms with Crippen LogP contribution in [-0.2, 0) is 18.3 Å². The summed E-state index contributed by atoms with van der Waals surface area (Å²) in [4.78, 5) is 25.2.